The van der Waals surface area contributed by atoms with Gasteiger partial charge in [0.05, 0.1) is 10.0 Å². The fraction of sp³-hybridized carbons (Fsp3) is 0.0625. The molecule has 2 aromatic carbocycles. The van der Waals surface area contributed by atoms with Gasteiger partial charge in [0.15, 0.2) is 5.78 Å². The van der Waals surface area contributed by atoms with Crippen LogP contribution in [0.25, 0.3) is 6.08 Å². The van der Waals surface area contributed by atoms with E-state index in [1.165, 1.54) is 6.08 Å². The Hall–Kier alpha value is -0.930. The SMILES string of the molecule is CSc1ccc(C(=O)C=Cc2c(Cl)cc(Cl)cc2Cl)cc1. The van der Waals surface area contributed by atoms with E-state index in [9.17, 15) is 4.79 Å². The molecule has 0 aromatic heterocycles. The molecule has 0 radical (unpaired) electrons. The van der Waals surface area contributed by atoms with Crippen molar-refractivity contribution in [3.8, 4) is 0 Å². The van der Waals surface area contributed by atoms with Crippen LogP contribution in [0, 0.1) is 0 Å². The molecular weight excluding hydrogens is 347 g/mol. The quantitative estimate of drug-likeness (QED) is 0.364. The van der Waals surface area contributed by atoms with Gasteiger partial charge >= 0.3 is 0 Å². The molecule has 5 heteroatoms. The van der Waals surface area contributed by atoms with Gasteiger partial charge in [0.2, 0.25) is 0 Å². The van der Waals surface area contributed by atoms with Crippen molar-refractivity contribution in [2.45, 2.75) is 4.90 Å². The first-order valence-corrected chi connectivity index (χ1v) is 8.38. The molecular formula is C16H11Cl3OS. The Kier molecular flexibility index (Phi) is 5.77. The van der Waals surface area contributed by atoms with Crippen LogP contribution in [-0.4, -0.2) is 12.0 Å². The molecule has 108 valence electrons. The van der Waals surface area contributed by atoms with E-state index >= 15 is 0 Å². The van der Waals surface area contributed by atoms with E-state index in [0.29, 0.717) is 26.2 Å². The van der Waals surface area contributed by atoms with Crippen LogP contribution in [0.3, 0.4) is 0 Å². The van der Waals surface area contributed by atoms with Crippen LogP contribution in [0.4, 0.5) is 0 Å². The Labute approximate surface area is 142 Å². The first kappa shape index (κ1) is 16.4. The Bertz CT molecular complexity index is 670. The van der Waals surface area contributed by atoms with Crippen LogP contribution in [-0.2, 0) is 0 Å². The zero-order chi connectivity index (χ0) is 15.4. The number of halogens is 3. The summed E-state index contributed by atoms with van der Waals surface area (Å²) in [5.41, 5.74) is 1.20. The van der Waals surface area contributed by atoms with E-state index in [1.54, 1.807) is 42.1 Å². The molecule has 0 saturated heterocycles. The average Bonchev–Trinajstić information content (AvgIpc) is 2.46. The van der Waals surface area contributed by atoms with Gasteiger partial charge in [-0.25, -0.2) is 0 Å². The molecule has 21 heavy (non-hydrogen) atoms. The maximum atomic E-state index is 12.1. The normalized spacial score (nSPS) is 11.0. The third-order valence-corrected chi connectivity index (χ3v) is 4.41. The van der Waals surface area contributed by atoms with Gasteiger partial charge in [-0.1, -0.05) is 34.8 Å². The Morgan fingerprint density at radius 1 is 1.05 bits per heavy atom. The third-order valence-electron chi connectivity index (χ3n) is 2.82. The first-order chi connectivity index (χ1) is 10.0. The molecule has 0 saturated carbocycles. The standard InChI is InChI=1S/C16H11Cl3OS/c1-21-12-4-2-10(3-5-12)16(20)7-6-13-14(18)8-11(17)9-15(13)19/h2-9H,1H3. The van der Waals surface area contributed by atoms with Crippen molar-refractivity contribution in [3.63, 3.8) is 0 Å². The van der Waals surface area contributed by atoms with E-state index in [1.807, 2.05) is 18.4 Å². The number of thioether (sulfide) groups is 1. The summed E-state index contributed by atoms with van der Waals surface area (Å²) in [7, 11) is 0. The fourth-order valence-electron chi connectivity index (χ4n) is 1.72. The molecule has 0 N–H and O–H groups in total. The monoisotopic (exact) mass is 356 g/mol. The van der Waals surface area contributed by atoms with Crippen molar-refractivity contribution in [1.82, 2.24) is 0 Å². The number of rotatable bonds is 4. The summed E-state index contributed by atoms with van der Waals surface area (Å²) in [6.45, 7) is 0. The number of carbonyl (C=O) groups is 1. The van der Waals surface area contributed by atoms with Gasteiger partial charge < -0.3 is 0 Å². The maximum absolute atomic E-state index is 12.1. The molecule has 0 amide bonds. The molecule has 2 rings (SSSR count). The highest BCUT2D eigenvalue weighted by Crippen LogP contribution is 2.30. The molecule has 0 aliphatic heterocycles. The predicted molar refractivity (Wildman–Crippen MR) is 93.1 cm³/mol. The second-order valence-electron chi connectivity index (χ2n) is 4.21. The number of hydrogen-bond donors (Lipinski definition) is 0. The summed E-state index contributed by atoms with van der Waals surface area (Å²) in [5, 5.41) is 1.28. The molecule has 0 heterocycles. The summed E-state index contributed by atoms with van der Waals surface area (Å²) < 4.78 is 0. The lowest BCUT2D eigenvalue weighted by atomic mass is 10.1. The minimum Gasteiger partial charge on any atom is -0.289 e. The van der Waals surface area contributed by atoms with Crippen molar-refractivity contribution >= 4 is 58.4 Å². The van der Waals surface area contributed by atoms with E-state index in [2.05, 4.69) is 0 Å². The van der Waals surface area contributed by atoms with Crippen molar-refractivity contribution in [3.05, 3.63) is 68.7 Å². The van der Waals surface area contributed by atoms with Crippen molar-refractivity contribution in [2.24, 2.45) is 0 Å². The van der Waals surface area contributed by atoms with Gasteiger partial charge in [-0.2, -0.15) is 0 Å². The van der Waals surface area contributed by atoms with Crippen molar-refractivity contribution in [1.29, 1.82) is 0 Å². The van der Waals surface area contributed by atoms with Crippen LogP contribution in [0.2, 0.25) is 15.1 Å². The zero-order valence-electron chi connectivity index (χ0n) is 11.1. The van der Waals surface area contributed by atoms with Crippen LogP contribution < -0.4 is 0 Å². The lowest BCUT2D eigenvalue weighted by Crippen LogP contribution is -1.93. The van der Waals surface area contributed by atoms with Gasteiger partial charge in [-0.3, -0.25) is 4.79 Å². The number of hydrogen-bond acceptors (Lipinski definition) is 2. The van der Waals surface area contributed by atoms with Crippen LogP contribution in [0.5, 0.6) is 0 Å². The van der Waals surface area contributed by atoms with Crippen LogP contribution >= 0.6 is 46.6 Å². The van der Waals surface area contributed by atoms with Gasteiger partial charge in [0.25, 0.3) is 0 Å². The summed E-state index contributed by atoms with van der Waals surface area (Å²) in [6.07, 6.45) is 5.04. The molecule has 0 aliphatic carbocycles. The Balaban J connectivity index is 2.22. The molecule has 0 aliphatic rings. The smallest absolute Gasteiger partial charge is 0.185 e. The first-order valence-electron chi connectivity index (χ1n) is 6.02. The highest BCUT2D eigenvalue weighted by Gasteiger charge is 2.06. The van der Waals surface area contributed by atoms with E-state index < -0.39 is 0 Å². The van der Waals surface area contributed by atoms with Crippen molar-refractivity contribution < 1.29 is 4.79 Å². The topological polar surface area (TPSA) is 17.1 Å². The van der Waals surface area contributed by atoms with Crippen molar-refractivity contribution in [2.75, 3.05) is 6.26 Å². The van der Waals surface area contributed by atoms with Gasteiger partial charge in [0, 0.05) is 21.0 Å². The van der Waals surface area contributed by atoms with E-state index in [-0.39, 0.29) is 5.78 Å². The lowest BCUT2D eigenvalue weighted by molar-refractivity contribution is 0.104. The van der Waals surface area contributed by atoms with Crippen LogP contribution in [0.15, 0.2) is 47.4 Å². The molecule has 2 aromatic rings. The number of benzene rings is 2. The average molecular weight is 358 g/mol. The molecule has 0 unspecified atom stereocenters. The molecule has 1 nitrogen and oxygen atoms in total. The highest BCUT2D eigenvalue weighted by atomic mass is 35.5. The van der Waals surface area contributed by atoms with Gasteiger partial charge in [-0.05, 0) is 54.8 Å². The third kappa shape index (κ3) is 4.27. The Morgan fingerprint density at radius 3 is 2.14 bits per heavy atom. The second-order valence-corrected chi connectivity index (χ2v) is 6.34. The Morgan fingerprint density at radius 2 is 1.62 bits per heavy atom. The summed E-state index contributed by atoms with van der Waals surface area (Å²) in [5.74, 6) is -0.107. The summed E-state index contributed by atoms with van der Waals surface area (Å²) in [6, 6.07) is 10.6. The molecule has 0 spiro atoms. The predicted octanol–water partition coefficient (Wildman–Crippen LogP) is 6.26. The minimum atomic E-state index is -0.107. The summed E-state index contributed by atoms with van der Waals surface area (Å²) >= 11 is 19.6. The van der Waals surface area contributed by atoms with E-state index in [4.69, 9.17) is 34.8 Å². The maximum Gasteiger partial charge on any atom is 0.185 e. The molecule has 0 bridgehead atoms. The lowest BCUT2D eigenvalue weighted by Gasteiger charge is -2.03. The minimum absolute atomic E-state index is 0.107. The number of allylic oxidation sites excluding steroid dienone is 1. The summed E-state index contributed by atoms with van der Waals surface area (Å²) in [4.78, 5) is 13.2. The van der Waals surface area contributed by atoms with Gasteiger partial charge in [0.1, 0.15) is 0 Å². The fourth-order valence-corrected chi connectivity index (χ4v) is 3.07. The zero-order valence-corrected chi connectivity index (χ0v) is 14.2. The highest BCUT2D eigenvalue weighted by molar-refractivity contribution is 7.98. The molecule has 0 fully saturated rings. The van der Waals surface area contributed by atoms with Crippen LogP contribution in [0.1, 0.15) is 15.9 Å². The number of carbonyl (C=O) groups excluding carboxylic acids is 1. The van der Waals surface area contributed by atoms with E-state index in [0.717, 1.165) is 4.90 Å². The number of ketones is 1. The second kappa shape index (κ2) is 7.37. The van der Waals surface area contributed by atoms with Gasteiger partial charge in [-0.15, -0.1) is 11.8 Å². The molecule has 0 atom stereocenters. The largest absolute Gasteiger partial charge is 0.289 e.